The lowest BCUT2D eigenvalue weighted by atomic mass is 9.99. The fourth-order valence-electron chi connectivity index (χ4n) is 4.25. The quantitative estimate of drug-likeness (QED) is 0.479. The number of ether oxygens (including phenoxy) is 2. The number of amides is 1. The van der Waals surface area contributed by atoms with Crippen molar-refractivity contribution in [3.63, 3.8) is 0 Å². The first-order chi connectivity index (χ1) is 16.7. The van der Waals surface area contributed by atoms with Crippen LogP contribution in [0.4, 0.5) is 0 Å². The molecule has 0 radical (unpaired) electrons. The molecule has 1 saturated heterocycles. The number of piperidine rings is 1. The number of methoxy groups -OCH3 is 2. The van der Waals surface area contributed by atoms with E-state index in [9.17, 15) is 13.2 Å². The lowest BCUT2D eigenvalue weighted by molar-refractivity contribution is -0.122. The molecule has 1 aliphatic rings. The van der Waals surface area contributed by atoms with Crippen molar-refractivity contribution in [2.45, 2.75) is 38.1 Å². The van der Waals surface area contributed by atoms with Gasteiger partial charge in [-0.3, -0.25) is 4.79 Å². The number of hydrogen-bond acceptors (Lipinski definition) is 6. The molecule has 0 N–H and O–H groups in total. The topological polar surface area (TPSA) is 90.2 Å². The van der Waals surface area contributed by atoms with Crippen molar-refractivity contribution in [1.29, 1.82) is 0 Å². The van der Waals surface area contributed by atoms with E-state index in [-0.39, 0.29) is 17.3 Å². The van der Waals surface area contributed by atoms with Gasteiger partial charge < -0.3 is 14.0 Å². The van der Waals surface area contributed by atoms with Gasteiger partial charge >= 0.3 is 0 Å². The summed E-state index contributed by atoms with van der Waals surface area (Å²) in [5, 5.41) is 0. The van der Waals surface area contributed by atoms with E-state index in [0.29, 0.717) is 43.1 Å². The fraction of sp³-hybridized carbons (Fsp3) is 0.440. The van der Waals surface area contributed by atoms with Crippen LogP contribution < -0.4 is 9.54 Å². The summed E-state index contributed by atoms with van der Waals surface area (Å²) in [7, 11) is -0.533. The molecule has 0 spiro atoms. The molecule has 188 valence electrons. The van der Waals surface area contributed by atoms with Gasteiger partial charge in [0.15, 0.2) is 4.80 Å². The van der Waals surface area contributed by atoms with E-state index in [1.807, 2.05) is 4.57 Å². The lowest BCUT2D eigenvalue weighted by Crippen LogP contribution is -2.42. The van der Waals surface area contributed by atoms with Crippen molar-refractivity contribution < 1.29 is 22.7 Å². The predicted octanol–water partition coefficient (Wildman–Crippen LogP) is 3.50. The molecular formula is C25H31N3O5S2. The molecule has 1 atom stereocenters. The van der Waals surface area contributed by atoms with E-state index in [2.05, 4.69) is 31.0 Å². The number of carbonyl (C=O) groups excluding carboxylic acids is 1. The van der Waals surface area contributed by atoms with Gasteiger partial charge in [0.1, 0.15) is 5.75 Å². The Morgan fingerprint density at radius 1 is 1.14 bits per heavy atom. The second-order valence-electron chi connectivity index (χ2n) is 8.76. The number of carbonyl (C=O) groups is 1. The van der Waals surface area contributed by atoms with Crippen LogP contribution in [0.2, 0.25) is 0 Å². The van der Waals surface area contributed by atoms with Crippen LogP contribution in [0.1, 0.15) is 24.0 Å². The third kappa shape index (κ3) is 5.35. The van der Waals surface area contributed by atoms with E-state index in [0.717, 1.165) is 10.2 Å². The minimum Gasteiger partial charge on any atom is -0.497 e. The van der Waals surface area contributed by atoms with Gasteiger partial charge in [0.2, 0.25) is 10.0 Å². The molecule has 4 rings (SSSR count). The van der Waals surface area contributed by atoms with Crippen LogP contribution in [0.5, 0.6) is 5.75 Å². The van der Waals surface area contributed by atoms with E-state index in [1.165, 1.54) is 46.0 Å². The van der Waals surface area contributed by atoms with Gasteiger partial charge in [-0.2, -0.15) is 9.30 Å². The Kier molecular flexibility index (Phi) is 7.75. The van der Waals surface area contributed by atoms with Gasteiger partial charge in [-0.1, -0.05) is 11.3 Å². The molecule has 1 fully saturated rings. The molecule has 3 aromatic rings. The van der Waals surface area contributed by atoms with Gasteiger partial charge in [-0.05, 0) is 74.2 Å². The first-order valence-corrected chi connectivity index (χ1v) is 13.8. The normalized spacial score (nSPS) is 17.7. The van der Waals surface area contributed by atoms with Crippen molar-refractivity contribution in [3.05, 3.63) is 52.3 Å². The highest BCUT2D eigenvalue weighted by molar-refractivity contribution is 7.89. The number of aryl methyl sites for hydroxylation is 2. The summed E-state index contributed by atoms with van der Waals surface area (Å²) in [6.45, 7) is 5.71. The minimum atomic E-state index is -3.71. The van der Waals surface area contributed by atoms with Crippen molar-refractivity contribution in [1.82, 2.24) is 8.87 Å². The summed E-state index contributed by atoms with van der Waals surface area (Å²) >= 11 is 1.47. The van der Waals surface area contributed by atoms with Gasteiger partial charge in [0, 0.05) is 26.7 Å². The second-order valence-corrected chi connectivity index (χ2v) is 11.7. The van der Waals surface area contributed by atoms with Crippen LogP contribution in [0.15, 0.2) is 46.3 Å². The Morgan fingerprint density at radius 2 is 1.86 bits per heavy atom. The summed E-state index contributed by atoms with van der Waals surface area (Å²) < 4.78 is 41.3. The zero-order valence-corrected chi connectivity index (χ0v) is 22.1. The molecule has 1 amide bonds. The monoisotopic (exact) mass is 517 g/mol. The summed E-state index contributed by atoms with van der Waals surface area (Å²) in [6.07, 6.45) is 1.22. The van der Waals surface area contributed by atoms with Crippen LogP contribution in [-0.4, -0.2) is 57.1 Å². The van der Waals surface area contributed by atoms with Gasteiger partial charge in [0.05, 0.1) is 34.7 Å². The average molecular weight is 518 g/mol. The molecule has 1 aliphatic heterocycles. The Hall–Kier alpha value is -2.53. The molecule has 10 heteroatoms. The number of nitrogens with zero attached hydrogens (tertiary/aromatic N) is 3. The first kappa shape index (κ1) is 25.6. The van der Waals surface area contributed by atoms with Crippen molar-refractivity contribution in [2.75, 3.05) is 33.9 Å². The Balaban J connectivity index is 1.62. The van der Waals surface area contributed by atoms with Crippen LogP contribution in [0.3, 0.4) is 0 Å². The first-order valence-electron chi connectivity index (χ1n) is 11.6. The van der Waals surface area contributed by atoms with E-state index >= 15 is 0 Å². The van der Waals surface area contributed by atoms with Crippen LogP contribution in [0, 0.1) is 19.8 Å². The molecule has 0 aliphatic carbocycles. The maximum atomic E-state index is 13.3. The molecule has 0 bridgehead atoms. The highest BCUT2D eigenvalue weighted by atomic mass is 32.2. The zero-order chi connectivity index (χ0) is 25.2. The summed E-state index contributed by atoms with van der Waals surface area (Å²) in [5.41, 5.74) is 3.38. The molecule has 2 aromatic carbocycles. The number of benzene rings is 2. The molecule has 35 heavy (non-hydrogen) atoms. The molecular weight excluding hydrogens is 486 g/mol. The third-order valence-corrected chi connectivity index (χ3v) is 9.37. The number of hydrogen-bond donors (Lipinski definition) is 0. The standard InChI is InChI=1S/C25H31N3O5S2/c1-17-14-22-23(15-18(17)2)34-25(28(22)12-13-32-3)26-24(29)19-6-5-11-27(16-19)35(30,31)21-9-7-20(33-4)8-10-21/h7-10,14-15,19H,5-6,11-13,16H2,1-4H3. The van der Waals surface area contributed by atoms with E-state index in [1.54, 1.807) is 19.2 Å². The molecule has 2 heterocycles. The van der Waals surface area contributed by atoms with Gasteiger partial charge in [-0.15, -0.1) is 0 Å². The smallest absolute Gasteiger partial charge is 0.252 e. The predicted molar refractivity (Wildman–Crippen MR) is 136 cm³/mol. The third-order valence-electron chi connectivity index (χ3n) is 6.45. The highest BCUT2D eigenvalue weighted by Crippen LogP contribution is 2.26. The molecule has 1 aromatic heterocycles. The maximum Gasteiger partial charge on any atom is 0.252 e. The van der Waals surface area contributed by atoms with Gasteiger partial charge in [-0.25, -0.2) is 8.42 Å². The molecule has 1 unspecified atom stereocenters. The van der Waals surface area contributed by atoms with Crippen molar-refractivity contribution in [3.8, 4) is 5.75 Å². The van der Waals surface area contributed by atoms with Gasteiger partial charge in [0.25, 0.3) is 5.91 Å². The molecule has 8 nitrogen and oxygen atoms in total. The largest absolute Gasteiger partial charge is 0.497 e. The van der Waals surface area contributed by atoms with Crippen molar-refractivity contribution >= 4 is 37.5 Å². The maximum absolute atomic E-state index is 13.3. The summed E-state index contributed by atoms with van der Waals surface area (Å²) in [6, 6.07) is 10.5. The van der Waals surface area contributed by atoms with E-state index in [4.69, 9.17) is 9.47 Å². The number of fused-ring (bicyclic) bond motifs is 1. The number of sulfonamides is 1. The lowest BCUT2D eigenvalue weighted by Gasteiger charge is -2.30. The number of aromatic nitrogens is 1. The van der Waals surface area contributed by atoms with Crippen LogP contribution in [-0.2, 0) is 26.1 Å². The number of rotatable bonds is 7. The van der Waals surface area contributed by atoms with Crippen LogP contribution >= 0.6 is 11.3 Å². The number of thiazole rings is 1. The van der Waals surface area contributed by atoms with E-state index < -0.39 is 15.9 Å². The zero-order valence-electron chi connectivity index (χ0n) is 20.5. The minimum absolute atomic E-state index is 0.123. The van der Waals surface area contributed by atoms with Crippen LogP contribution in [0.25, 0.3) is 10.2 Å². The Bertz CT molecular complexity index is 1390. The Labute approximate surface area is 209 Å². The SMILES string of the molecule is COCCn1c(=NC(=O)C2CCCN(S(=O)(=O)c3ccc(OC)cc3)C2)sc2cc(C)c(C)cc21. The Morgan fingerprint density at radius 3 is 2.54 bits per heavy atom. The average Bonchev–Trinajstić information content (AvgIpc) is 3.18. The van der Waals surface area contributed by atoms with Crippen molar-refractivity contribution in [2.24, 2.45) is 10.9 Å². The summed E-state index contributed by atoms with van der Waals surface area (Å²) in [5.74, 6) is -0.183. The molecule has 0 saturated carbocycles. The second kappa shape index (κ2) is 10.6. The highest BCUT2D eigenvalue weighted by Gasteiger charge is 2.33. The fourth-order valence-corrected chi connectivity index (χ4v) is 6.92. The summed E-state index contributed by atoms with van der Waals surface area (Å²) in [4.78, 5) is 18.6.